The van der Waals surface area contributed by atoms with E-state index >= 15 is 0 Å². The Morgan fingerprint density at radius 3 is 2.75 bits per heavy atom. The molecule has 1 N–H and O–H groups in total. The highest BCUT2D eigenvalue weighted by Gasteiger charge is 2.35. The molecule has 0 bridgehead atoms. The first kappa shape index (κ1) is 25.8. The molecule has 190 valence electrons. The van der Waals surface area contributed by atoms with Gasteiger partial charge in [0.15, 0.2) is 11.5 Å². The van der Waals surface area contributed by atoms with Crippen molar-refractivity contribution in [2.24, 2.45) is 0 Å². The average molecular weight is 533 g/mol. The number of nitrogens with one attached hydrogen (secondary N) is 1. The fourth-order valence-corrected chi connectivity index (χ4v) is 4.76. The van der Waals surface area contributed by atoms with Crippen molar-refractivity contribution in [1.29, 1.82) is 0 Å². The van der Waals surface area contributed by atoms with E-state index in [1.807, 2.05) is 0 Å². The molecule has 2 aromatic carbocycles. The number of fused-ring (bicyclic) bond motifs is 1. The fourth-order valence-electron chi connectivity index (χ4n) is 3.86. The van der Waals surface area contributed by atoms with E-state index in [4.69, 9.17) is 25.8 Å². The molecular formula is C25H26ClFN4O4S. The SMILES string of the molecule is CCCSc1nc2n(n1)C(c1ccc(OCc3c(F)cccc3Cl)c(OC)c1)C(C(=O)OC)=C(C)N2. The Morgan fingerprint density at radius 2 is 2.06 bits per heavy atom. The lowest BCUT2D eigenvalue weighted by atomic mass is 9.95. The third-order valence-electron chi connectivity index (χ3n) is 5.61. The number of anilines is 1. The third-order valence-corrected chi connectivity index (χ3v) is 7.01. The number of carbonyl (C=O) groups is 1. The molecule has 1 aliphatic rings. The number of methoxy groups -OCH3 is 2. The lowest BCUT2D eigenvalue weighted by Gasteiger charge is -2.28. The summed E-state index contributed by atoms with van der Waals surface area (Å²) in [5, 5.41) is 8.70. The molecule has 2 heterocycles. The molecule has 3 aromatic rings. The summed E-state index contributed by atoms with van der Waals surface area (Å²) >= 11 is 7.67. The smallest absolute Gasteiger partial charge is 0.338 e. The van der Waals surface area contributed by atoms with Crippen LogP contribution in [0.25, 0.3) is 0 Å². The number of nitrogens with zero attached hydrogens (tertiary/aromatic N) is 3. The van der Waals surface area contributed by atoms with Crippen molar-refractivity contribution in [3.8, 4) is 11.5 Å². The molecule has 1 unspecified atom stereocenters. The minimum atomic E-state index is -0.610. The number of allylic oxidation sites excluding steroid dienone is 1. The van der Waals surface area contributed by atoms with Gasteiger partial charge in [-0.1, -0.05) is 42.4 Å². The Balaban J connectivity index is 1.71. The van der Waals surface area contributed by atoms with Gasteiger partial charge in [-0.25, -0.2) is 13.9 Å². The van der Waals surface area contributed by atoms with Gasteiger partial charge >= 0.3 is 5.97 Å². The topological polar surface area (TPSA) is 87.5 Å². The maximum atomic E-state index is 14.2. The first-order valence-electron chi connectivity index (χ1n) is 11.3. The van der Waals surface area contributed by atoms with Gasteiger partial charge in [0.2, 0.25) is 11.1 Å². The lowest BCUT2D eigenvalue weighted by molar-refractivity contribution is -0.136. The Labute approximate surface area is 217 Å². The fraction of sp³-hybridized carbons (Fsp3) is 0.320. The molecule has 8 nitrogen and oxygen atoms in total. The molecule has 0 fully saturated rings. The summed E-state index contributed by atoms with van der Waals surface area (Å²) in [6.45, 7) is 3.80. The number of benzene rings is 2. The van der Waals surface area contributed by atoms with Gasteiger partial charge in [0.05, 0.1) is 24.8 Å². The van der Waals surface area contributed by atoms with Crippen molar-refractivity contribution in [2.75, 3.05) is 25.3 Å². The number of hydrogen-bond acceptors (Lipinski definition) is 8. The van der Waals surface area contributed by atoms with Crippen molar-refractivity contribution in [3.05, 3.63) is 69.6 Å². The van der Waals surface area contributed by atoms with E-state index < -0.39 is 17.8 Å². The number of thioether (sulfide) groups is 1. The van der Waals surface area contributed by atoms with Gasteiger partial charge in [-0.15, -0.1) is 5.10 Å². The largest absolute Gasteiger partial charge is 0.493 e. The molecule has 4 rings (SSSR count). The van der Waals surface area contributed by atoms with Gasteiger partial charge in [0.1, 0.15) is 18.5 Å². The average Bonchev–Trinajstić information content (AvgIpc) is 3.28. The van der Waals surface area contributed by atoms with Gasteiger partial charge in [0.25, 0.3) is 0 Å². The standard InChI is InChI=1S/C25H26ClFN4O4S/c1-5-11-36-25-29-24-28-14(2)21(23(32)34-4)22(31(24)30-25)15-9-10-19(20(12-15)33-3)35-13-16-17(26)7-6-8-18(16)27/h6-10,12,22H,5,11,13H2,1-4H3,(H,28,29,30). The van der Waals surface area contributed by atoms with E-state index in [9.17, 15) is 9.18 Å². The number of esters is 1. The van der Waals surface area contributed by atoms with Crippen LogP contribution in [0.5, 0.6) is 11.5 Å². The molecule has 0 saturated carbocycles. The van der Waals surface area contributed by atoms with Crippen LogP contribution in [-0.4, -0.2) is 40.7 Å². The molecule has 0 saturated heterocycles. The van der Waals surface area contributed by atoms with E-state index in [0.29, 0.717) is 39.4 Å². The minimum absolute atomic E-state index is 0.0772. The normalized spacial score (nSPS) is 14.8. The van der Waals surface area contributed by atoms with Crippen molar-refractivity contribution in [2.45, 2.75) is 38.1 Å². The van der Waals surface area contributed by atoms with E-state index in [-0.39, 0.29) is 17.2 Å². The maximum Gasteiger partial charge on any atom is 0.338 e. The summed E-state index contributed by atoms with van der Waals surface area (Å²) < 4.78 is 32.4. The number of hydrogen-bond donors (Lipinski definition) is 1. The Morgan fingerprint density at radius 1 is 1.25 bits per heavy atom. The summed E-state index contributed by atoms with van der Waals surface area (Å²) in [5.74, 6) is 1.26. The van der Waals surface area contributed by atoms with Crippen molar-refractivity contribution < 1.29 is 23.4 Å². The number of rotatable bonds is 9. The number of ether oxygens (including phenoxy) is 3. The number of carbonyl (C=O) groups excluding carboxylic acids is 1. The highest BCUT2D eigenvalue weighted by atomic mass is 35.5. The quantitative estimate of drug-likeness (QED) is 0.280. The van der Waals surface area contributed by atoms with Crippen LogP contribution in [0.15, 0.2) is 52.8 Å². The molecule has 36 heavy (non-hydrogen) atoms. The van der Waals surface area contributed by atoms with Crippen molar-refractivity contribution in [3.63, 3.8) is 0 Å². The first-order chi connectivity index (χ1) is 17.4. The van der Waals surface area contributed by atoms with Gasteiger partial charge in [-0.3, -0.25) is 0 Å². The molecule has 11 heteroatoms. The predicted molar refractivity (Wildman–Crippen MR) is 136 cm³/mol. The highest BCUT2D eigenvalue weighted by molar-refractivity contribution is 7.99. The van der Waals surface area contributed by atoms with Crippen LogP contribution in [-0.2, 0) is 16.1 Å². The van der Waals surface area contributed by atoms with Crippen molar-refractivity contribution >= 4 is 35.3 Å². The van der Waals surface area contributed by atoms with Crippen LogP contribution < -0.4 is 14.8 Å². The Bertz CT molecular complexity index is 1290. The Kier molecular flexibility index (Phi) is 8.05. The summed E-state index contributed by atoms with van der Waals surface area (Å²) in [6.07, 6.45) is 0.979. The molecule has 0 radical (unpaired) electrons. The van der Waals surface area contributed by atoms with Gasteiger partial charge < -0.3 is 19.5 Å². The van der Waals surface area contributed by atoms with Gasteiger partial charge in [-0.05, 0) is 43.2 Å². The summed E-state index contributed by atoms with van der Waals surface area (Å²) in [6, 6.07) is 9.13. The van der Waals surface area contributed by atoms with Crippen LogP contribution in [0.4, 0.5) is 10.3 Å². The van der Waals surface area contributed by atoms with Gasteiger partial charge in [0, 0.05) is 17.0 Å². The number of halogens is 2. The lowest BCUT2D eigenvalue weighted by Crippen LogP contribution is -2.29. The van der Waals surface area contributed by atoms with Crippen LogP contribution >= 0.6 is 23.4 Å². The molecule has 0 aliphatic carbocycles. The van der Waals surface area contributed by atoms with E-state index in [1.54, 1.807) is 47.6 Å². The first-order valence-corrected chi connectivity index (χ1v) is 12.6. The predicted octanol–water partition coefficient (Wildman–Crippen LogP) is 5.62. The molecule has 0 amide bonds. The maximum absolute atomic E-state index is 14.2. The zero-order valence-electron chi connectivity index (χ0n) is 20.3. The molecule has 1 aromatic heterocycles. The highest BCUT2D eigenvalue weighted by Crippen LogP contribution is 2.40. The van der Waals surface area contributed by atoms with Crippen LogP contribution in [0.1, 0.15) is 37.4 Å². The van der Waals surface area contributed by atoms with Crippen LogP contribution in [0, 0.1) is 5.82 Å². The number of aromatic nitrogens is 3. The zero-order valence-corrected chi connectivity index (χ0v) is 21.9. The third kappa shape index (κ3) is 5.15. The summed E-state index contributed by atoms with van der Waals surface area (Å²) in [5.41, 5.74) is 1.98. The van der Waals surface area contributed by atoms with E-state index in [0.717, 1.165) is 12.2 Å². The molecule has 0 spiro atoms. The molecular weight excluding hydrogens is 507 g/mol. The molecule has 1 aliphatic heterocycles. The van der Waals surface area contributed by atoms with Crippen molar-refractivity contribution in [1.82, 2.24) is 14.8 Å². The Hall–Kier alpha value is -3.24. The monoisotopic (exact) mass is 532 g/mol. The van der Waals surface area contributed by atoms with Gasteiger partial charge in [-0.2, -0.15) is 4.98 Å². The minimum Gasteiger partial charge on any atom is -0.493 e. The van der Waals surface area contributed by atoms with Crippen LogP contribution in [0.3, 0.4) is 0 Å². The zero-order chi connectivity index (χ0) is 25.8. The second-order valence-corrected chi connectivity index (χ2v) is 9.44. The van der Waals surface area contributed by atoms with E-state index in [2.05, 4.69) is 22.3 Å². The van der Waals surface area contributed by atoms with E-state index in [1.165, 1.54) is 26.4 Å². The summed E-state index contributed by atoms with van der Waals surface area (Å²) in [4.78, 5) is 17.4. The molecule has 1 atom stereocenters. The van der Waals surface area contributed by atoms with Crippen LogP contribution in [0.2, 0.25) is 5.02 Å². The summed E-state index contributed by atoms with van der Waals surface area (Å²) in [7, 11) is 2.84. The second-order valence-electron chi connectivity index (χ2n) is 7.97. The second kappa shape index (κ2) is 11.2.